The van der Waals surface area contributed by atoms with E-state index in [9.17, 15) is 0 Å². The molecule has 0 aromatic heterocycles. The average Bonchev–Trinajstić information content (AvgIpc) is 2.36. The lowest BCUT2D eigenvalue weighted by Gasteiger charge is -2.12. The minimum absolute atomic E-state index is 0.122. The number of methoxy groups -OCH3 is 1. The van der Waals surface area contributed by atoms with E-state index >= 15 is 0 Å². The maximum absolute atomic E-state index is 9.00. The fourth-order valence-electron chi connectivity index (χ4n) is 2.13. The van der Waals surface area contributed by atoms with Crippen LogP contribution in [-0.4, -0.2) is 24.3 Å². The third-order valence-electron chi connectivity index (χ3n) is 3.20. The van der Waals surface area contributed by atoms with Crippen LogP contribution in [0.5, 0.6) is 5.75 Å². The van der Waals surface area contributed by atoms with Crippen LogP contribution in [0, 0.1) is 0 Å². The molecule has 0 aliphatic rings. The molecule has 0 saturated heterocycles. The second kappa shape index (κ2) is 5.42. The number of fused-ring (bicyclic) bond motifs is 1. The monoisotopic (exact) mass is 244 g/mol. The molecule has 0 aliphatic carbocycles. The van der Waals surface area contributed by atoms with Gasteiger partial charge in [0.15, 0.2) is 0 Å². The molecule has 1 atom stereocenters. The largest absolute Gasteiger partial charge is 0.497 e. The summed E-state index contributed by atoms with van der Waals surface area (Å²) < 4.78 is 5.19. The Labute approximate surface area is 107 Å². The van der Waals surface area contributed by atoms with Crippen LogP contribution in [0.3, 0.4) is 0 Å². The number of hydrogen-bond acceptors (Lipinski definition) is 3. The molecule has 0 bridgehead atoms. The molecule has 0 heterocycles. The van der Waals surface area contributed by atoms with Gasteiger partial charge in [-0.1, -0.05) is 31.2 Å². The molecule has 0 fully saturated rings. The van der Waals surface area contributed by atoms with Crippen molar-refractivity contribution in [3.05, 3.63) is 42.0 Å². The van der Waals surface area contributed by atoms with Gasteiger partial charge in [0.2, 0.25) is 0 Å². The van der Waals surface area contributed by atoms with Gasteiger partial charge in [-0.15, -0.1) is 0 Å². The number of benzene rings is 2. The lowest BCUT2D eigenvalue weighted by atomic mass is 9.76. The van der Waals surface area contributed by atoms with Crippen LogP contribution in [0.1, 0.15) is 18.4 Å². The summed E-state index contributed by atoms with van der Waals surface area (Å²) in [5.74, 6) is 0.964. The topological polar surface area (TPSA) is 49.7 Å². The molecule has 0 spiro atoms. The van der Waals surface area contributed by atoms with Crippen LogP contribution in [0.25, 0.3) is 10.8 Å². The van der Waals surface area contributed by atoms with Gasteiger partial charge in [-0.3, -0.25) is 0 Å². The Kier molecular flexibility index (Phi) is 3.89. The van der Waals surface area contributed by atoms with E-state index in [1.807, 2.05) is 37.3 Å². The van der Waals surface area contributed by atoms with Crippen molar-refractivity contribution < 1.29 is 14.8 Å². The molecule has 0 unspecified atom stereocenters. The second-order valence-electron chi connectivity index (χ2n) is 4.59. The molecule has 2 aromatic carbocycles. The third kappa shape index (κ3) is 2.83. The van der Waals surface area contributed by atoms with Gasteiger partial charge in [-0.25, -0.2) is 0 Å². The van der Waals surface area contributed by atoms with Crippen molar-refractivity contribution in [1.82, 2.24) is 0 Å². The summed E-state index contributed by atoms with van der Waals surface area (Å²) in [5, 5.41) is 20.3. The first-order valence-electron chi connectivity index (χ1n) is 6.04. The van der Waals surface area contributed by atoms with Crippen molar-refractivity contribution in [2.24, 2.45) is 0 Å². The first-order chi connectivity index (χ1) is 8.60. The third-order valence-corrected chi connectivity index (χ3v) is 3.20. The van der Waals surface area contributed by atoms with E-state index in [2.05, 4.69) is 6.07 Å². The van der Waals surface area contributed by atoms with Gasteiger partial charge in [-0.05, 0) is 40.7 Å². The lowest BCUT2D eigenvalue weighted by Crippen LogP contribution is -2.13. The van der Waals surface area contributed by atoms with Crippen LogP contribution in [0.4, 0.5) is 0 Å². The molecular weight excluding hydrogens is 227 g/mol. The first kappa shape index (κ1) is 12.9. The van der Waals surface area contributed by atoms with E-state index in [1.165, 1.54) is 0 Å². The fraction of sp³-hybridized carbons (Fsp3) is 0.286. The predicted molar refractivity (Wildman–Crippen MR) is 73.9 cm³/mol. The standard InChI is InChI=1S/C14H17BO3/c1-10(9-15(16)17)11-3-4-13-8-14(18-2)6-5-12(13)7-11/h3-8,10,16-17H,9H2,1-2H3/t10-/m0/s1. The summed E-state index contributed by atoms with van der Waals surface area (Å²) in [5.41, 5.74) is 1.11. The molecule has 2 N–H and O–H groups in total. The van der Waals surface area contributed by atoms with Gasteiger partial charge in [0.1, 0.15) is 5.75 Å². The van der Waals surface area contributed by atoms with E-state index in [1.54, 1.807) is 7.11 Å². The van der Waals surface area contributed by atoms with Crippen LogP contribution < -0.4 is 4.74 Å². The minimum Gasteiger partial charge on any atom is -0.497 e. The van der Waals surface area contributed by atoms with Crippen molar-refractivity contribution >= 4 is 17.9 Å². The average molecular weight is 244 g/mol. The summed E-state index contributed by atoms with van der Waals surface area (Å²) in [7, 11) is 0.395. The molecule has 2 rings (SSSR count). The number of ether oxygens (including phenoxy) is 1. The van der Waals surface area contributed by atoms with E-state index in [0.29, 0.717) is 6.32 Å². The zero-order chi connectivity index (χ0) is 13.1. The highest BCUT2D eigenvalue weighted by Crippen LogP contribution is 2.26. The quantitative estimate of drug-likeness (QED) is 0.812. The Balaban J connectivity index is 2.33. The number of rotatable bonds is 4. The fourth-order valence-corrected chi connectivity index (χ4v) is 2.13. The highest BCUT2D eigenvalue weighted by atomic mass is 16.5. The summed E-state index contributed by atoms with van der Waals surface area (Å²) in [6.07, 6.45) is 0.349. The van der Waals surface area contributed by atoms with Gasteiger partial charge >= 0.3 is 7.12 Å². The van der Waals surface area contributed by atoms with Gasteiger partial charge in [0.25, 0.3) is 0 Å². The number of hydrogen-bond donors (Lipinski definition) is 2. The van der Waals surface area contributed by atoms with Crippen molar-refractivity contribution in [1.29, 1.82) is 0 Å². The molecule has 0 radical (unpaired) electrons. The second-order valence-corrected chi connectivity index (χ2v) is 4.59. The summed E-state index contributed by atoms with van der Waals surface area (Å²) >= 11 is 0. The lowest BCUT2D eigenvalue weighted by molar-refractivity contribution is 0.400. The van der Waals surface area contributed by atoms with E-state index in [4.69, 9.17) is 14.8 Å². The maximum atomic E-state index is 9.00. The highest BCUT2D eigenvalue weighted by Gasteiger charge is 2.14. The normalized spacial score (nSPS) is 12.4. The van der Waals surface area contributed by atoms with E-state index in [-0.39, 0.29) is 5.92 Å². The smallest absolute Gasteiger partial charge is 0.452 e. The molecule has 94 valence electrons. The van der Waals surface area contributed by atoms with Crippen molar-refractivity contribution in [2.45, 2.75) is 19.2 Å². The Morgan fingerprint density at radius 3 is 2.44 bits per heavy atom. The van der Waals surface area contributed by atoms with Gasteiger partial charge in [0, 0.05) is 0 Å². The van der Waals surface area contributed by atoms with Crippen molar-refractivity contribution in [2.75, 3.05) is 7.11 Å². The summed E-state index contributed by atoms with van der Waals surface area (Å²) in [4.78, 5) is 0. The SMILES string of the molecule is COc1ccc2cc([C@@H](C)CB(O)O)ccc2c1. The Morgan fingerprint density at radius 2 is 1.78 bits per heavy atom. The Hall–Kier alpha value is -1.52. The van der Waals surface area contributed by atoms with Crippen LogP contribution >= 0.6 is 0 Å². The summed E-state index contributed by atoms with van der Waals surface area (Å²) in [6, 6.07) is 12.1. The van der Waals surface area contributed by atoms with Crippen LogP contribution in [0.15, 0.2) is 36.4 Å². The molecule has 2 aromatic rings. The zero-order valence-electron chi connectivity index (χ0n) is 10.6. The van der Waals surface area contributed by atoms with Gasteiger partial charge < -0.3 is 14.8 Å². The highest BCUT2D eigenvalue weighted by molar-refractivity contribution is 6.41. The Morgan fingerprint density at radius 1 is 1.11 bits per heavy atom. The molecule has 18 heavy (non-hydrogen) atoms. The van der Waals surface area contributed by atoms with Gasteiger partial charge in [-0.2, -0.15) is 0 Å². The van der Waals surface area contributed by atoms with Gasteiger partial charge in [0.05, 0.1) is 7.11 Å². The van der Waals surface area contributed by atoms with Crippen LogP contribution in [-0.2, 0) is 0 Å². The van der Waals surface area contributed by atoms with Crippen molar-refractivity contribution in [3.63, 3.8) is 0 Å². The van der Waals surface area contributed by atoms with E-state index < -0.39 is 7.12 Å². The first-order valence-corrected chi connectivity index (χ1v) is 6.04. The molecular formula is C14H17BO3. The maximum Gasteiger partial charge on any atom is 0.452 e. The molecule has 0 saturated carbocycles. The van der Waals surface area contributed by atoms with Crippen LogP contribution in [0.2, 0.25) is 6.32 Å². The molecule has 4 heteroatoms. The molecule has 0 amide bonds. The Bertz CT molecular complexity index is 540. The zero-order valence-corrected chi connectivity index (χ0v) is 10.6. The van der Waals surface area contributed by atoms with E-state index in [0.717, 1.165) is 22.1 Å². The predicted octanol–water partition coefficient (Wildman–Crippen LogP) is 2.42. The molecule has 0 aliphatic heterocycles. The van der Waals surface area contributed by atoms with Crippen molar-refractivity contribution in [3.8, 4) is 5.75 Å². The summed E-state index contributed by atoms with van der Waals surface area (Å²) in [6.45, 7) is 1.99. The minimum atomic E-state index is -1.26. The molecule has 3 nitrogen and oxygen atoms in total.